The molecule has 0 amide bonds. The summed E-state index contributed by atoms with van der Waals surface area (Å²) < 4.78 is 16.0. The first-order valence-corrected chi connectivity index (χ1v) is 7.16. The summed E-state index contributed by atoms with van der Waals surface area (Å²) in [4.78, 5) is 11.6. The van der Waals surface area contributed by atoms with E-state index in [1.807, 2.05) is 0 Å². The van der Waals surface area contributed by atoms with Crippen molar-refractivity contribution in [2.75, 3.05) is 27.4 Å². The number of hydrogen-bond donors (Lipinski definition) is 1. The second-order valence-electron chi connectivity index (χ2n) is 5.01. The second kappa shape index (κ2) is 9.28. The highest BCUT2D eigenvalue weighted by molar-refractivity contribution is 5.75. The fraction of sp³-hybridized carbons (Fsp3) is 0.929. The summed E-state index contributed by atoms with van der Waals surface area (Å²) in [6.07, 6.45) is 5.63. The molecule has 3 atom stereocenters. The third-order valence-corrected chi connectivity index (χ3v) is 3.54. The Morgan fingerprint density at radius 2 is 2.05 bits per heavy atom. The smallest absolute Gasteiger partial charge is 0.325 e. The van der Waals surface area contributed by atoms with Crippen LogP contribution in [0.2, 0.25) is 0 Å². The van der Waals surface area contributed by atoms with Gasteiger partial charge in [-0.25, -0.2) is 0 Å². The average Bonchev–Trinajstić information content (AvgIpc) is 2.46. The van der Waals surface area contributed by atoms with Crippen LogP contribution >= 0.6 is 0 Å². The molecule has 0 radical (unpaired) electrons. The molecule has 0 bridgehead atoms. The molecule has 0 aliphatic heterocycles. The molecule has 0 aromatic rings. The fourth-order valence-corrected chi connectivity index (χ4v) is 2.37. The summed E-state index contributed by atoms with van der Waals surface area (Å²) in [7, 11) is 3.15. The SMILES string of the molecule is CCCNC(COC1CCCC(OC)C1)C(=O)OC. The van der Waals surface area contributed by atoms with Crippen molar-refractivity contribution in [2.45, 2.75) is 57.3 Å². The van der Waals surface area contributed by atoms with Crippen molar-refractivity contribution >= 4 is 5.97 Å². The van der Waals surface area contributed by atoms with Gasteiger partial charge in [-0.05, 0) is 38.6 Å². The Kier molecular flexibility index (Phi) is 8.02. The number of hydrogen-bond acceptors (Lipinski definition) is 5. The molecule has 1 aliphatic rings. The minimum absolute atomic E-state index is 0.189. The van der Waals surface area contributed by atoms with E-state index in [0.717, 1.165) is 38.6 Å². The van der Waals surface area contributed by atoms with Gasteiger partial charge in [0.05, 0.1) is 25.9 Å². The van der Waals surface area contributed by atoms with Crippen molar-refractivity contribution in [3.05, 3.63) is 0 Å². The van der Waals surface area contributed by atoms with E-state index in [1.54, 1.807) is 7.11 Å². The Morgan fingerprint density at radius 1 is 1.32 bits per heavy atom. The molecule has 112 valence electrons. The van der Waals surface area contributed by atoms with E-state index in [2.05, 4.69) is 12.2 Å². The minimum atomic E-state index is -0.368. The van der Waals surface area contributed by atoms with Crippen molar-refractivity contribution in [3.8, 4) is 0 Å². The van der Waals surface area contributed by atoms with Crippen LogP contribution in [0, 0.1) is 0 Å². The van der Waals surface area contributed by atoms with Crippen LogP contribution in [-0.4, -0.2) is 51.6 Å². The van der Waals surface area contributed by atoms with Crippen molar-refractivity contribution in [2.24, 2.45) is 0 Å². The predicted molar refractivity (Wildman–Crippen MR) is 73.1 cm³/mol. The fourth-order valence-electron chi connectivity index (χ4n) is 2.37. The lowest BCUT2D eigenvalue weighted by Crippen LogP contribution is -2.43. The molecule has 1 saturated carbocycles. The topological polar surface area (TPSA) is 56.8 Å². The molecule has 1 fully saturated rings. The van der Waals surface area contributed by atoms with Gasteiger partial charge in [0.1, 0.15) is 6.04 Å². The number of rotatable bonds is 8. The normalized spacial score (nSPS) is 25.0. The zero-order valence-electron chi connectivity index (χ0n) is 12.3. The molecular weight excluding hydrogens is 246 g/mol. The lowest BCUT2D eigenvalue weighted by atomic mass is 9.95. The van der Waals surface area contributed by atoms with Gasteiger partial charge in [0.15, 0.2) is 0 Å². The van der Waals surface area contributed by atoms with Crippen LogP contribution in [0.4, 0.5) is 0 Å². The quantitative estimate of drug-likeness (QED) is 0.679. The first kappa shape index (κ1) is 16.4. The van der Waals surface area contributed by atoms with Crippen LogP contribution in [0.1, 0.15) is 39.0 Å². The Morgan fingerprint density at radius 3 is 2.68 bits per heavy atom. The van der Waals surface area contributed by atoms with Crippen LogP contribution in [-0.2, 0) is 19.0 Å². The molecule has 0 heterocycles. The molecule has 0 saturated heterocycles. The van der Waals surface area contributed by atoms with E-state index in [1.165, 1.54) is 7.11 Å². The zero-order valence-corrected chi connectivity index (χ0v) is 12.3. The summed E-state index contributed by atoms with van der Waals surface area (Å²) in [6.45, 7) is 3.22. The average molecular weight is 273 g/mol. The van der Waals surface area contributed by atoms with Gasteiger partial charge in [-0.15, -0.1) is 0 Å². The van der Waals surface area contributed by atoms with Crippen molar-refractivity contribution in [1.82, 2.24) is 5.32 Å². The Balaban J connectivity index is 2.35. The van der Waals surface area contributed by atoms with E-state index >= 15 is 0 Å². The first-order chi connectivity index (χ1) is 9.21. The van der Waals surface area contributed by atoms with Gasteiger partial charge in [0.2, 0.25) is 0 Å². The Labute approximate surface area is 116 Å². The van der Waals surface area contributed by atoms with E-state index < -0.39 is 0 Å². The van der Waals surface area contributed by atoms with E-state index in [9.17, 15) is 4.79 Å². The molecule has 3 unspecified atom stereocenters. The summed E-state index contributed by atoms with van der Waals surface area (Å²) in [5, 5.41) is 3.15. The lowest BCUT2D eigenvalue weighted by Gasteiger charge is -2.29. The highest BCUT2D eigenvalue weighted by atomic mass is 16.5. The van der Waals surface area contributed by atoms with Gasteiger partial charge in [0.25, 0.3) is 0 Å². The van der Waals surface area contributed by atoms with Gasteiger partial charge in [-0.1, -0.05) is 6.92 Å². The molecule has 19 heavy (non-hydrogen) atoms. The number of carbonyl (C=O) groups is 1. The van der Waals surface area contributed by atoms with Crippen LogP contribution in [0.25, 0.3) is 0 Å². The van der Waals surface area contributed by atoms with Crippen LogP contribution in [0.15, 0.2) is 0 Å². The van der Waals surface area contributed by atoms with Gasteiger partial charge in [0, 0.05) is 7.11 Å². The van der Waals surface area contributed by atoms with Crippen molar-refractivity contribution in [3.63, 3.8) is 0 Å². The summed E-state index contributed by atoms with van der Waals surface area (Å²) in [5.41, 5.74) is 0. The highest BCUT2D eigenvalue weighted by Gasteiger charge is 2.25. The molecule has 1 rings (SSSR count). The molecule has 1 aliphatic carbocycles. The predicted octanol–water partition coefficient (Wildman–Crippen LogP) is 1.50. The van der Waals surface area contributed by atoms with Crippen LogP contribution in [0.3, 0.4) is 0 Å². The van der Waals surface area contributed by atoms with Gasteiger partial charge in [-0.2, -0.15) is 0 Å². The molecule has 5 heteroatoms. The molecule has 0 aromatic heterocycles. The Hall–Kier alpha value is -0.650. The second-order valence-corrected chi connectivity index (χ2v) is 5.01. The van der Waals surface area contributed by atoms with E-state index in [0.29, 0.717) is 12.7 Å². The third-order valence-electron chi connectivity index (χ3n) is 3.54. The number of ether oxygens (including phenoxy) is 3. The summed E-state index contributed by atoms with van der Waals surface area (Å²) in [5.74, 6) is -0.257. The van der Waals surface area contributed by atoms with Gasteiger partial charge >= 0.3 is 5.97 Å². The van der Waals surface area contributed by atoms with E-state index in [-0.39, 0.29) is 18.1 Å². The maximum atomic E-state index is 11.6. The van der Waals surface area contributed by atoms with Crippen LogP contribution in [0.5, 0.6) is 0 Å². The van der Waals surface area contributed by atoms with Crippen molar-refractivity contribution in [1.29, 1.82) is 0 Å². The van der Waals surface area contributed by atoms with E-state index in [4.69, 9.17) is 14.2 Å². The van der Waals surface area contributed by atoms with Crippen LogP contribution < -0.4 is 5.32 Å². The lowest BCUT2D eigenvalue weighted by molar-refractivity contribution is -0.146. The van der Waals surface area contributed by atoms with Gasteiger partial charge < -0.3 is 19.5 Å². The molecule has 5 nitrogen and oxygen atoms in total. The molecule has 0 aromatic carbocycles. The zero-order chi connectivity index (χ0) is 14.1. The summed E-state index contributed by atoms with van der Waals surface area (Å²) >= 11 is 0. The number of methoxy groups -OCH3 is 2. The molecule has 1 N–H and O–H groups in total. The first-order valence-electron chi connectivity index (χ1n) is 7.16. The van der Waals surface area contributed by atoms with Gasteiger partial charge in [-0.3, -0.25) is 4.79 Å². The number of esters is 1. The minimum Gasteiger partial charge on any atom is -0.468 e. The standard InChI is InChI=1S/C14H27NO4/c1-4-8-15-13(14(16)18-3)10-19-12-7-5-6-11(9-12)17-2/h11-13,15H,4-10H2,1-3H3. The number of carbonyl (C=O) groups excluding carboxylic acids is 1. The maximum Gasteiger partial charge on any atom is 0.325 e. The van der Waals surface area contributed by atoms with Crippen molar-refractivity contribution < 1.29 is 19.0 Å². The Bertz CT molecular complexity index is 260. The highest BCUT2D eigenvalue weighted by Crippen LogP contribution is 2.23. The third kappa shape index (κ3) is 5.89. The number of nitrogens with one attached hydrogen (secondary N) is 1. The maximum absolute atomic E-state index is 11.6. The monoisotopic (exact) mass is 273 g/mol. The summed E-state index contributed by atoms with van der Waals surface area (Å²) in [6, 6.07) is -0.368. The largest absolute Gasteiger partial charge is 0.468 e. The molecule has 0 spiro atoms. The molecular formula is C14H27NO4.